The maximum Gasteiger partial charge on any atom is 0.323 e. The van der Waals surface area contributed by atoms with Crippen LogP contribution in [-0.2, 0) is 4.74 Å². The topological polar surface area (TPSA) is 72.4 Å². The van der Waals surface area contributed by atoms with Crippen molar-refractivity contribution >= 4 is 11.9 Å². The van der Waals surface area contributed by atoms with E-state index < -0.39 is 0 Å². The van der Waals surface area contributed by atoms with Crippen molar-refractivity contribution in [3.8, 4) is 6.01 Å². The van der Waals surface area contributed by atoms with Gasteiger partial charge in [-0.1, -0.05) is 0 Å². The molecule has 2 heterocycles. The summed E-state index contributed by atoms with van der Waals surface area (Å²) in [6, 6.07) is 0.352. The molecule has 0 bridgehead atoms. The van der Waals surface area contributed by atoms with Crippen molar-refractivity contribution in [2.45, 2.75) is 32.5 Å². The number of hydrogen-bond acceptors (Lipinski definition) is 7. The third-order valence-corrected chi connectivity index (χ3v) is 2.93. The Kier molecular flexibility index (Phi) is 4.36. The molecule has 0 spiro atoms. The quantitative estimate of drug-likeness (QED) is 0.850. The molecule has 106 valence electrons. The van der Waals surface area contributed by atoms with Crippen LogP contribution in [0, 0.1) is 0 Å². The van der Waals surface area contributed by atoms with E-state index in [-0.39, 0.29) is 12.2 Å². The molecule has 1 fully saturated rings. The number of aromatic nitrogens is 3. The predicted molar refractivity (Wildman–Crippen MR) is 72.8 cm³/mol. The van der Waals surface area contributed by atoms with Crippen LogP contribution in [0.3, 0.4) is 0 Å². The van der Waals surface area contributed by atoms with Crippen LogP contribution in [0.5, 0.6) is 6.01 Å². The van der Waals surface area contributed by atoms with Crippen molar-refractivity contribution < 1.29 is 9.47 Å². The van der Waals surface area contributed by atoms with Gasteiger partial charge in [0.25, 0.3) is 0 Å². The van der Waals surface area contributed by atoms with Gasteiger partial charge in [0, 0.05) is 27.2 Å². The zero-order chi connectivity index (χ0) is 13.8. The molecule has 1 N–H and O–H groups in total. The van der Waals surface area contributed by atoms with Gasteiger partial charge in [0.05, 0.1) is 12.2 Å². The van der Waals surface area contributed by atoms with Crippen molar-refractivity contribution in [1.82, 2.24) is 15.0 Å². The van der Waals surface area contributed by atoms with Crippen LogP contribution in [-0.4, -0.2) is 54.4 Å². The van der Waals surface area contributed by atoms with Crippen molar-refractivity contribution in [2.24, 2.45) is 0 Å². The maximum absolute atomic E-state index is 5.55. The fourth-order valence-electron chi connectivity index (χ4n) is 1.96. The molecule has 0 saturated carbocycles. The molecule has 7 nitrogen and oxygen atoms in total. The first kappa shape index (κ1) is 13.8. The maximum atomic E-state index is 5.55. The van der Waals surface area contributed by atoms with Crippen LogP contribution < -0.4 is 15.0 Å². The standard InChI is InChI=1S/C12H21N5O2/c1-8(2)19-12-15-10(13-3)14-11(16-12)17-6-5-9(7-17)18-4/h8-9H,5-7H2,1-4H3,(H,13,14,15,16). The first-order chi connectivity index (χ1) is 9.12. The Morgan fingerprint density at radius 1 is 1.32 bits per heavy atom. The molecule has 1 unspecified atom stereocenters. The number of nitrogens with zero attached hydrogens (tertiary/aromatic N) is 4. The molecule has 19 heavy (non-hydrogen) atoms. The molecule has 1 aromatic rings. The van der Waals surface area contributed by atoms with Gasteiger partial charge in [-0.15, -0.1) is 0 Å². The second-order valence-corrected chi connectivity index (χ2v) is 4.75. The lowest BCUT2D eigenvalue weighted by molar-refractivity contribution is 0.121. The summed E-state index contributed by atoms with van der Waals surface area (Å²) in [7, 11) is 3.51. The number of nitrogens with one attached hydrogen (secondary N) is 1. The summed E-state index contributed by atoms with van der Waals surface area (Å²) in [5.41, 5.74) is 0. The first-order valence-electron chi connectivity index (χ1n) is 6.50. The normalized spacial score (nSPS) is 19.0. The number of anilines is 2. The first-order valence-corrected chi connectivity index (χ1v) is 6.50. The number of methoxy groups -OCH3 is 1. The molecule has 1 atom stereocenters. The highest BCUT2D eigenvalue weighted by molar-refractivity contribution is 5.39. The summed E-state index contributed by atoms with van der Waals surface area (Å²) >= 11 is 0. The van der Waals surface area contributed by atoms with Gasteiger partial charge in [-0.05, 0) is 20.3 Å². The molecule has 7 heteroatoms. The second kappa shape index (κ2) is 6.01. The third kappa shape index (κ3) is 3.44. The largest absolute Gasteiger partial charge is 0.461 e. The molecule has 0 radical (unpaired) electrons. The number of rotatable bonds is 5. The Balaban J connectivity index is 2.19. The highest BCUT2D eigenvalue weighted by atomic mass is 16.5. The number of hydrogen-bond donors (Lipinski definition) is 1. The second-order valence-electron chi connectivity index (χ2n) is 4.75. The van der Waals surface area contributed by atoms with Crippen LogP contribution in [0.2, 0.25) is 0 Å². The fraction of sp³-hybridized carbons (Fsp3) is 0.750. The Labute approximate surface area is 113 Å². The lowest BCUT2D eigenvalue weighted by atomic mass is 10.3. The van der Waals surface area contributed by atoms with Crippen LogP contribution in [0.1, 0.15) is 20.3 Å². The van der Waals surface area contributed by atoms with Crippen molar-refractivity contribution in [3.63, 3.8) is 0 Å². The molecule has 0 aromatic carbocycles. The van der Waals surface area contributed by atoms with Crippen molar-refractivity contribution in [2.75, 3.05) is 37.5 Å². The minimum atomic E-state index is 0.0326. The van der Waals surface area contributed by atoms with Crippen LogP contribution in [0.15, 0.2) is 0 Å². The van der Waals surface area contributed by atoms with Crippen LogP contribution in [0.25, 0.3) is 0 Å². The van der Waals surface area contributed by atoms with E-state index in [0.717, 1.165) is 19.5 Å². The Bertz CT molecular complexity index is 427. The summed E-state index contributed by atoms with van der Waals surface area (Å²) in [4.78, 5) is 15.0. The van der Waals surface area contributed by atoms with Crippen LogP contribution in [0.4, 0.5) is 11.9 Å². The molecule has 0 amide bonds. The highest BCUT2D eigenvalue weighted by Crippen LogP contribution is 2.21. The van der Waals surface area contributed by atoms with E-state index in [4.69, 9.17) is 9.47 Å². The Morgan fingerprint density at radius 3 is 2.68 bits per heavy atom. The SMILES string of the molecule is CNc1nc(OC(C)C)nc(N2CCC(OC)C2)n1. The minimum Gasteiger partial charge on any atom is -0.461 e. The van der Waals surface area contributed by atoms with Gasteiger partial charge in [-0.2, -0.15) is 15.0 Å². The molecule has 2 rings (SSSR count). The van der Waals surface area contributed by atoms with Gasteiger partial charge in [0.2, 0.25) is 11.9 Å². The van der Waals surface area contributed by atoms with E-state index >= 15 is 0 Å². The van der Waals surface area contributed by atoms with Gasteiger partial charge >= 0.3 is 6.01 Å². The average molecular weight is 267 g/mol. The van der Waals surface area contributed by atoms with Crippen LogP contribution >= 0.6 is 0 Å². The predicted octanol–water partition coefficient (Wildman–Crippen LogP) is 0.926. The molecule has 1 saturated heterocycles. The van der Waals surface area contributed by atoms with E-state index in [9.17, 15) is 0 Å². The Morgan fingerprint density at radius 2 is 2.11 bits per heavy atom. The highest BCUT2D eigenvalue weighted by Gasteiger charge is 2.25. The van der Waals surface area contributed by atoms with Crippen molar-refractivity contribution in [1.29, 1.82) is 0 Å². The molecule has 1 aliphatic heterocycles. The van der Waals surface area contributed by atoms with E-state index in [2.05, 4.69) is 25.2 Å². The molecular formula is C12H21N5O2. The van der Waals surface area contributed by atoms with E-state index in [0.29, 0.717) is 17.9 Å². The summed E-state index contributed by atoms with van der Waals surface area (Å²) in [5, 5.41) is 2.93. The van der Waals surface area contributed by atoms with Gasteiger partial charge in [-0.3, -0.25) is 0 Å². The summed E-state index contributed by atoms with van der Waals surface area (Å²) < 4.78 is 10.9. The molecule has 1 aromatic heterocycles. The Hall–Kier alpha value is -1.63. The van der Waals surface area contributed by atoms with Gasteiger partial charge in [-0.25, -0.2) is 0 Å². The molecule has 0 aliphatic carbocycles. The fourth-order valence-corrected chi connectivity index (χ4v) is 1.96. The van der Waals surface area contributed by atoms with E-state index in [1.54, 1.807) is 14.2 Å². The molecule has 1 aliphatic rings. The summed E-state index contributed by atoms with van der Waals surface area (Å²) in [5.74, 6) is 1.15. The smallest absolute Gasteiger partial charge is 0.323 e. The average Bonchev–Trinajstić information content (AvgIpc) is 2.86. The zero-order valence-electron chi connectivity index (χ0n) is 11.9. The van der Waals surface area contributed by atoms with E-state index in [1.807, 2.05) is 13.8 Å². The monoisotopic (exact) mass is 267 g/mol. The zero-order valence-corrected chi connectivity index (χ0v) is 11.9. The van der Waals surface area contributed by atoms with Gasteiger partial charge in [0.1, 0.15) is 0 Å². The van der Waals surface area contributed by atoms with E-state index in [1.165, 1.54) is 0 Å². The number of ether oxygens (including phenoxy) is 2. The minimum absolute atomic E-state index is 0.0326. The van der Waals surface area contributed by atoms with Gasteiger partial charge in [0.15, 0.2) is 0 Å². The lowest BCUT2D eigenvalue weighted by Gasteiger charge is -2.17. The lowest BCUT2D eigenvalue weighted by Crippen LogP contribution is -2.25. The molecular weight excluding hydrogens is 246 g/mol. The summed E-state index contributed by atoms with van der Waals surface area (Å²) in [6.45, 7) is 5.57. The summed E-state index contributed by atoms with van der Waals surface area (Å²) in [6.07, 6.45) is 1.26. The van der Waals surface area contributed by atoms with Crippen molar-refractivity contribution in [3.05, 3.63) is 0 Å². The van der Waals surface area contributed by atoms with Gasteiger partial charge < -0.3 is 19.7 Å². The third-order valence-electron chi connectivity index (χ3n) is 2.93.